The Labute approximate surface area is 165 Å². The number of hydrogen-bond acceptors (Lipinski definition) is 3. The molecule has 0 unspecified atom stereocenters. The molecule has 4 heteroatoms. The lowest BCUT2D eigenvalue weighted by Gasteiger charge is -2.23. The Kier molecular flexibility index (Phi) is 6.40. The molecule has 3 nitrogen and oxygen atoms in total. The molecule has 0 spiro atoms. The van der Waals surface area contributed by atoms with E-state index in [1.807, 2.05) is 36.9 Å². The van der Waals surface area contributed by atoms with Crippen LogP contribution in [0.2, 0.25) is 0 Å². The molecule has 1 amide bonds. The highest BCUT2D eigenvalue weighted by Gasteiger charge is 2.21. The molecule has 0 bridgehead atoms. The van der Waals surface area contributed by atoms with Crippen molar-refractivity contribution in [2.24, 2.45) is 0 Å². The summed E-state index contributed by atoms with van der Waals surface area (Å²) in [5.41, 5.74) is 4.56. The fourth-order valence-corrected chi connectivity index (χ4v) is 4.13. The van der Waals surface area contributed by atoms with E-state index in [4.69, 9.17) is 0 Å². The van der Waals surface area contributed by atoms with E-state index in [-0.39, 0.29) is 5.91 Å². The molecule has 2 aromatic carbocycles. The monoisotopic (exact) mass is 378 g/mol. The number of aromatic nitrogens is 1. The molecule has 0 saturated heterocycles. The van der Waals surface area contributed by atoms with Crippen LogP contribution in [-0.2, 0) is 13.0 Å². The minimum Gasteiger partial charge on any atom is -0.334 e. The van der Waals surface area contributed by atoms with Gasteiger partial charge in [0.2, 0.25) is 0 Å². The third-order valence-corrected chi connectivity index (χ3v) is 5.80. The maximum atomic E-state index is 13.2. The van der Waals surface area contributed by atoms with Crippen LogP contribution in [-0.4, -0.2) is 22.3 Å². The molecule has 0 aliphatic rings. The van der Waals surface area contributed by atoms with Gasteiger partial charge in [-0.25, -0.2) is 4.98 Å². The summed E-state index contributed by atoms with van der Waals surface area (Å²) in [5, 5.41) is 0.941. The van der Waals surface area contributed by atoms with Crippen LogP contribution in [0.1, 0.15) is 43.5 Å². The van der Waals surface area contributed by atoms with Crippen molar-refractivity contribution in [2.45, 2.75) is 40.2 Å². The topological polar surface area (TPSA) is 33.2 Å². The van der Waals surface area contributed by atoms with Crippen LogP contribution in [0.25, 0.3) is 0 Å². The van der Waals surface area contributed by atoms with Crippen LogP contribution < -0.4 is 0 Å². The van der Waals surface area contributed by atoms with Gasteiger partial charge in [-0.15, -0.1) is 11.3 Å². The normalized spacial score (nSPS) is 10.8. The molecule has 3 aromatic rings. The van der Waals surface area contributed by atoms with Crippen LogP contribution >= 0.6 is 11.3 Å². The van der Waals surface area contributed by atoms with Gasteiger partial charge in [0.25, 0.3) is 5.91 Å². The summed E-state index contributed by atoms with van der Waals surface area (Å²) in [6.45, 7) is 7.35. The van der Waals surface area contributed by atoms with Gasteiger partial charge >= 0.3 is 0 Å². The number of carbonyl (C=O) groups is 1. The minimum absolute atomic E-state index is 0.0921. The van der Waals surface area contributed by atoms with Crippen LogP contribution in [0, 0.1) is 20.8 Å². The van der Waals surface area contributed by atoms with E-state index in [1.54, 1.807) is 0 Å². The van der Waals surface area contributed by atoms with Gasteiger partial charge < -0.3 is 4.90 Å². The van der Waals surface area contributed by atoms with E-state index >= 15 is 0 Å². The summed E-state index contributed by atoms with van der Waals surface area (Å²) in [6.07, 6.45) is 1.91. The van der Waals surface area contributed by atoms with Gasteiger partial charge in [-0.1, -0.05) is 54.6 Å². The standard InChI is InChI=1S/C23H26N2OS/c1-17-10-7-8-14-21(17)16-25(15-9-13-20-11-5-4-6-12-20)23(26)22-18(2)24-19(3)27-22/h4-8,10-12,14H,9,13,15-16H2,1-3H3. The Morgan fingerprint density at radius 3 is 2.37 bits per heavy atom. The second-order valence-corrected chi connectivity index (χ2v) is 8.09. The largest absolute Gasteiger partial charge is 0.334 e. The number of amides is 1. The third kappa shape index (κ3) is 5.04. The predicted octanol–water partition coefficient (Wildman–Crippen LogP) is 5.34. The van der Waals surface area contributed by atoms with E-state index in [0.717, 1.165) is 35.0 Å². The molecule has 0 fully saturated rings. The Bertz CT molecular complexity index is 902. The Hall–Kier alpha value is -2.46. The molecule has 0 N–H and O–H groups in total. The maximum Gasteiger partial charge on any atom is 0.266 e. The van der Waals surface area contributed by atoms with Gasteiger partial charge in [-0.2, -0.15) is 0 Å². The van der Waals surface area contributed by atoms with Crippen molar-refractivity contribution in [2.75, 3.05) is 6.54 Å². The summed E-state index contributed by atoms with van der Waals surface area (Å²) in [6, 6.07) is 18.7. The summed E-state index contributed by atoms with van der Waals surface area (Å²) >= 11 is 1.49. The van der Waals surface area contributed by atoms with Crippen molar-refractivity contribution < 1.29 is 4.79 Å². The lowest BCUT2D eigenvalue weighted by Crippen LogP contribution is -2.32. The number of hydrogen-bond donors (Lipinski definition) is 0. The first-order chi connectivity index (χ1) is 13.0. The number of thiazole rings is 1. The van der Waals surface area contributed by atoms with E-state index < -0.39 is 0 Å². The Balaban J connectivity index is 1.76. The molecule has 1 heterocycles. The lowest BCUT2D eigenvalue weighted by atomic mass is 10.1. The number of nitrogens with zero attached hydrogens (tertiary/aromatic N) is 2. The van der Waals surface area contributed by atoms with Crippen LogP contribution in [0.4, 0.5) is 0 Å². The van der Waals surface area contributed by atoms with E-state index in [2.05, 4.69) is 48.3 Å². The molecule has 3 rings (SSSR count). The maximum absolute atomic E-state index is 13.2. The fraction of sp³-hybridized carbons (Fsp3) is 0.304. The highest BCUT2D eigenvalue weighted by atomic mass is 32.1. The first-order valence-electron chi connectivity index (χ1n) is 9.36. The molecule has 0 aliphatic carbocycles. The molecule has 140 valence electrons. The highest BCUT2D eigenvalue weighted by molar-refractivity contribution is 7.13. The van der Waals surface area contributed by atoms with Crippen molar-refractivity contribution in [3.8, 4) is 0 Å². The van der Waals surface area contributed by atoms with E-state index in [0.29, 0.717) is 6.54 Å². The van der Waals surface area contributed by atoms with Gasteiger partial charge in [-0.05, 0) is 50.3 Å². The van der Waals surface area contributed by atoms with Crippen LogP contribution in [0.3, 0.4) is 0 Å². The lowest BCUT2D eigenvalue weighted by molar-refractivity contribution is 0.0745. The molecule has 0 atom stereocenters. The van der Waals surface area contributed by atoms with Gasteiger partial charge in [0.1, 0.15) is 4.88 Å². The van der Waals surface area contributed by atoms with Crippen molar-refractivity contribution in [3.05, 3.63) is 86.9 Å². The second kappa shape index (κ2) is 8.96. The quantitative estimate of drug-likeness (QED) is 0.556. The second-order valence-electron chi connectivity index (χ2n) is 6.89. The van der Waals surface area contributed by atoms with Crippen molar-refractivity contribution >= 4 is 17.2 Å². The van der Waals surface area contributed by atoms with Gasteiger partial charge in [0.15, 0.2) is 0 Å². The van der Waals surface area contributed by atoms with E-state index in [9.17, 15) is 4.79 Å². The summed E-state index contributed by atoms with van der Waals surface area (Å²) in [7, 11) is 0. The summed E-state index contributed by atoms with van der Waals surface area (Å²) in [5.74, 6) is 0.0921. The zero-order valence-corrected chi connectivity index (χ0v) is 17.1. The number of benzene rings is 2. The average Bonchev–Trinajstić information content (AvgIpc) is 3.01. The molecular formula is C23H26N2OS. The first kappa shape index (κ1) is 19.3. The molecule has 0 radical (unpaired) electrons. The van der Waals surface area contributed by atoms with Crippen molar-refractivity contribution in [1.82, 2.24) is 9.88 Å². The van der Waals surface area contributed by atoms with Crippen LogP contribution in [0.15, 0.2) is 54.6 Å². The third-order valence-electron chi connectivity index (χ3n) is 4.74. The van der Waals surface area contributed by atoms with Crippen molar-refractivity contribution in [3.63, 3.8) is 0 Å². The minimum atomic E-state index is 0.0921. The Morgan fingerprint density at radius 1 is 1.00 bits per heavy atom. The summed E-state index contributed by atoms with van der Waals surface area (Å²) in [4.78, 5) is 20.4. The predicted molar refractivity (Wildman–Crippen MR) is 112 cm³/mol. The van der Waals surface area contributed by atoms with Gasteiger partial charge in [-0.3, -0.25) is 4.79 Å². The SMILES string of the molecule is Cc1nc(C)c(C(=O)N(CCCc2ccccc2)Cc2ccccc2C)s1. The van der Waals surface area contributed by atoms with Gasteiger partial charge in [0.05, 0.1) is 10.7 Å². The zero-order chi connectivity index (χ0) is 19.2. The van der Waals surface area contributed by atoms with E-state index in [1.165, 1.54) is 28.0 Å². The van der Waals surface area contributed by atoms with Gasteiger partial charge in [0, 0.05) is 13.1 Å². The highest BCUT2D eigenvalue weighted by Crippen LogP contribution is 2.21. The molecule has 27 heavy (non-hydrogen) atoms. The number of rotatable bonds is 7. The molecular weight excluding hydrogens is 352 g/mol. The molecule has 0 aliphatic heterocycles. The first-order valence-corrected chi connectivity index (χ1v) is 10.2. The smallest absolute Gasteiger partial charge is 0.266 e. The van der Waals surface area contributed by atoms with Crippen LogP contribution in [0.5, 0.6) is 0 Å². The summed E-state index contributed by atoms with van der Waals surface area (Å²) < 4.78 is 0. The molecule has 0 saturated carbocycles. The average molecular weight is 379 g/mol. The Morgan fingerprint density at radius 2 is 1.70 bits per heavy atom. The zero-order valence-electron chi connectivity index (χ0n) is 16.2. The number of carbonyl (C=O) groups excluding carboxylic acids is 1. The number of aryl methyl sites for hydroxylation is 4. The fourth-order valence-electron chi connectivity index (χ4n) is 3.24. The van der Waals surface area contributed by atoms with Crippen molar-refractivity contribution in [1.29, 1.82) is 0 Å². The molecule has 1 aromatic heterocycles.